The fourth-order valence-corrected chi connectivity index (χ4v) is 1.81. The van der Waals surface area contributed by atoms with Gasteiger partial charge in [-0.25, -0.2) is 9.37 Å². The van der Waals surface area contributed by atoms with E-state index in [1.807, 2.05) is 24.6 Å². The zero-order chi connectivity index (χ0) is 11.7. The van der Waals surface area contributed by atoms with Crippen LogP contribution in [0.5, 0.6) is 0 Å². The zero-order valence-electron chi connectivity index (χ0n) is 9.57. The van der Waals surface area contributed by atoms with Crippen molar-refractivity contribution in [3.05, 3.63) is 29.8 Å². The van der Waals surface area contributed by atoms with Crippen LogP contribution in [0.4, 0.5) is 4.39 Å². The highest BCUT2D eigenvalue weighted by Crippen LogP contribution is 2.18. The first kappa shape index (κ1) is 11.1. The number of hydrogen-bond acceptors (Lipinski definition) is 2. The molecule has 2 N–H and O–H groups in total. The van der Waals surface area contributed by atoms with E-state index in [9.17, 15) is 4.39 Å². The van der Waals surface area contributed by atoms with E-state index in [-0.39, 0.29) is 11.9 Å². The normalized spacial score (nSPS) is 13.2. The predicted octanol–water partition coefficient (Wildman–Crippen LogP) is 1.99. The second kappa shape index (κ2) is 4.22. The van der Waals surface area contributed by atoms with Gasteiger partial charge >= 0.3 is 0 Å². The number of hydrogen-bond donors (Lipinski definition) is 1. The molecule has 0 saturated heterocycles. The minimum atomic E-state index is -0.264. The number of fused-ring (bicyclic) bond motifs is 1. The summed E-state index contributed by atoms with van der Waals surface area (Å²) in [7, 11) is 1.91. The van der Waals surface area contributed by atoms with Gasteiger partial charge in [0.05, 0.1) is 5.52 Å². The second-order valence-corrected chi connectivity index (χ2v) is 4.21. The molecule has 3 nitrogen and oxygen atoms in total. The molecule has 2 rings (SSSR count). The molecule has 0 spiro atoms. The van der Waals surface area contributed by atoms with Crippen LogP contribution in [0, 0.1) is 5.82 Å². The number of benzene rings is 1. The molecule has 0 aliphatic rings. The van der Waals surface area contributed by atoms with Crippen LogP contribution in [0.1, 0.15) is 19.2 Å². The number of aryl methyl sites for hydroxylation is 2. The van der Waals surface area contributed by atoms with Crippen molar-refractivity contribution in [2.24, 2.45) is 12.8 Å². The fraction of sp³-hybridized carbons (Fsp3) is 0.417. The number of imidazole rings is 1. The number of aromatic nitrogens is 2. The molecule has 0 radical (unpaired) electrons. The lowest BCUT2D eigenvalue weighted by molar-refractivity contribution is 0.631. The van der Waals surface area contributed by atoms with E-state index in [0.29, 0.717) is 5.52 Å². The van der Waals surface area contributed by atoms with Crippen molar-refractivity contribution in [2.75, 3.05) is 0 Å². The van der Waals surface area contributed by atoms with E-state index in [2.05, 4.69) is 4.98 Å². The quantitative estimate of drug-likeness (QED) is 0.861. The largest absolute Gasteiger partial charge is 0.331 e. The van der Waals surface area contributed by atoms with Crippen molar-refractivity contribution in [3.63, 3.8) is 0 Å². The summed E-state index contributed by atoms with van der Waals surface area (Å²) < 4.78 is 15.4. The standard InChI is InChI=1S/C12H16FN3/c1-8(14)6-7-11-15-12-9(13)4-3-5-10(12)16(11)2/h3-5,8H,6-7,14H2,1-2H3. The first-order valence-electron chi connectivity index (χ1n) is 5.45. The van der Waals surface area contributed by atoms with Gasteiger partial charge in [-0.1, -0.05) is 6.07 Å². The van der Waals surface area contributed by atoms with Crippen LogP contribution < -0.4 is 5.73 Å². The first-order valence-corrected chi connectivity index (χ1v) is 5.45. The van der Waals surface area contributed by atoms with Gasteiger partial charge < -0.3 is 10.3 Å². The average Bonchev–Trinajstić information content (AvgIpc) is 2.55. The molecule has 1 aromatic heterocycles. The molecule has 86 valence electrons. The van der Waals surface area contributed by atoms with Crippen molar-refractivity contribution >= 4 is 11.0 Å². The third kappa shape index (κ3) is 1.93. The Balaban J connectivity index is 2.40. The summed E-state index contributed by atoms with van der Waals surface area (Å²) in [6.45, 7) is 1.96. The molecular formula is C12H16FN3. The van der Waals surface area contributed by atoms with Gasteiger partial charge in [0, 0.05) is 19.5 Å². The third-order valence-corrected chi connectivity index (χ3v) is 2.78. The molecule has 16 heavy (non-hydrogen) atoms. The lowest BCUT2D eigenvalue weighted by Gasteiger charge is -2.04. The molecule has 0 amide bonds. The molecule has 1 aromatic carbocycles. The SMILES string of the molecule is CC(N)CCc1nc2c(F)cccc2n1C. The molecule has 0 aliphatic carbocycles. The molecule has 0 fully saturated rings. The lowest BCUT2D eigenvalue weighted by atomic mass is 10.2. The Kier molecular flexibility index (Phi) is 2.92. The van der Waals surface area contributed by atoms with Crippen molar-refractivity contribution in [3.8, 4) is 0 Å². The van der Waals surface area contributed by atoms with Crippen molar-refractivity contribution in [1.29, 1.82) is 0 Å². The molecule has 4 heteroatoms. The Morgan fingerprint density at radius 2 is 2.25 bits per heavy atom. The average molecular weight is 221 g/mol. The summed E-state index contributed by atoms with van der Waals surface area (Å²) in [5.41, 5.74) is 6.99. The maximum absolute atomic E-state index is 13.5. The predicted molar refractivity (Wildman–Crippen MR) is 62.6 cm³/mol. The fourth-order valence-electron chi connectivity index (χ4n) is 1.81. The number of halogens is 1. The Labute approximate surface area is 94.1 Å². The molecule has 0 aliphatic heterocycles. The van der Waals surface area contributed by atoms with Gasteiger partial charge in [0.25, 0.3) is 0 Å². The van der Waals surface area contributed by atoms with E-state index in [4.69, 9.17) is 5.73 Å². The molecule has 0 bridgehead atoms. The second-order valence-electron chi connectivity index (χ2n) is 4.21. The van der Waals surface area contributed by atoms with Crippen LogP contribution in [0.2, 0.25) is 0 Å². The third-order valence-electron chi connectivity index (χ3n) is 2.78. The minimum Gasteiger partial charge on any atom is -0.331 e. The van der Waals surface area contributed by atoms with E-state index in [1.54, 1.807) is 6.07 Å². The Morgan fingerprint density at radius 1 is 1.50 bits per heavy atom. The molecule has 1 atom stereocenters. The molecule has 1 unspecified atom stereocenters. The van der Waals surface area contributed by atoms with E-state index < -0.39 is 0 Å². The smallest absolute Gasteiger partial charge is 0.151 e. The van der Waals surface area contributed by atoms with Gasteiger partial charge in [-0.2, -0.15) is 0 Å². The zero-order valence-corrected chi connectivity index (χ0v) is 9.57. The van der Waals surface area contributed by atoms with Crippen LogP contribution >= 0.6 is 0 Å². The maximum Gasteiger partial charge on any atom is 0.151 e. The topological polar surface area (TPSA) is 43.8 Å². The summed E-state index contributed by atoms with van der Waals surface area (Å²) in [6, 6.07) is 5.16. The summed E-state index contributed by atoms with van der Waals surface area (Å²) in [6.07, 6.45) is 1.64. The van der Waals surface area contributed by atoms with Gasteiger partial charge in [-0.3, -0.25) is 0 Å². The van der Waals surface area contributed by atoms with Gasteiger partial charge in [0.1, 0.15) is 11.3 Å². The van der Waals surface area contributed by atoms with Crippen molar-refractivity contribution in [2.45, 2.75) is 25.8 Å². The molecular weight excluding hydrogens is 205 g/mol. The number of nitrogens with zero attached hydrogens (tertiary/aromatic N) is 2. The van der Waals surface area contributed by atoms with Crippen LogP contribution in [0.3, 0.4) is 0 Å². The van der Waals surface area contributed by atoms with Crippen LogP contribution in [0.25, 0.3) is 11.0 Å². The minimum absolute atomic E-state index is 0.143. The Hall–Kier alpha value is -1.42. The van der Waals surface area contributed by atoms with Crippen LogP contribution in [-0.2, 0) is 13.5 Å². The molecule has 2 aromatic rings. The summed E-state index contributed by atoms with van der Waals surface area (Å²) >= 11 is 0. The van der Waals surface area contributed by atoms with Gasteiger partial charge in [0.2, 0.25) is 0 Å². The summed E-state index contributed by atoms with van der Waals surface area (Å²) in [5.74, 6) is 0.623. The summed E-state index contributed by atoms with van der Waals surface area (Å²) in [4.78, 5) is 4.32. The number of para-hydroxylation sites is 1. The van der Waals surface area contributed by atoms with Gasteiger partial charge in [-0.05, 0) is 25.5 Å². The number of rotatable bonds is 3. The van der Waals surface area contributed by atoms with Crippen molar-refractivity contribution < 1.29 is 4.39 Å². The highest BCUT2D eigenvalue weighted by molar-refractivity contribution is 5.76. The van der Waals surface area contributed by atoms with Crippen molar-refractivity contribution in [1.82, 2.24) is 9.55 Å². The first-order chi connectivity index (χ1) is 7.59. The van der Waals surface area contributed by atoms with Gasteiger partial charge in [0.15, 0.2) is 5.82 Å². The summed E-state index contributed by atoms with van der Waals surface area (Å²) in [5, 5.41) is 0. The Morgan fingerprint density at radius 3 is 2.88 bits per heavy atom. The number of nitrogens with two attached hydrogens (primary N) is 1. The van der Waals surface area contributed by atoms with Gasteiger partial charge in [-0.15, -0.1) is 0 Å². The highest BCUT2D eigenvalue weighted by atomic mass is 19.1. The van der Waals surface area contributed by atoms with E-state index in [0.717, 1.165) is 24.2 Å². The molecule has 1 heterocycles. The van der Waals surface area contributed by atoms with E-state index >= 15 is 0 Å². The maximum atomic E-state index is 13.5. The van der Waals surface area contributed by atoms with Crippen LogP contribution in [0.15, 0.2) is 18.2 Å². The highest BCUT2D eigenvalue weighted by Gasteiger charge is 2.10. The lowest BCUT2D eigenvalue weighted by Crippen LogP contribution is -2.16. The molecule has 0 saturated carbocycles. The van der Waals surface area contributed by atoms with E-state index in [1.165, 1.54) is 6.07 Å². The monoisotopic (exact) mass is 221 g/mol. The van der Waals surface area contributed by atoms with Crippen LogP contribution in [-0.4, -0.2) is 15.6 Å². The Bertz CT molecular complexity index is 502.